The van der Waals surface area contributed by atoms with Crippen molar-refractivity contribution < 1.29 is 22.8 Å². The van der Waals surface area contributed by atoms with Crippen molar-refractivity contribution in [3.8, 4) is 5.75 Å². The molecule has 7 nitrogen and oxygen atoms in total. The number of hydrogen-bond donors (Lipinski definition) is 2. The van der Waals surface area contributed by atoms with E-state index in [0.717, 1.165) is 51.6 Å². The topological polar surface area (TPSA) is 80.2 Å². The molecule has 0 spiro atoms. The van der Waals surface area contributed by atoms with E-state index in [1.165, 1.54) is 18.1 Å². The summed E-state index contributed by atoms with van der Waals surface area (Å²) in [6, 6.07) is 4.69. The molecular formula is C19H30N3O4S+. The lowest BCUT2D eigenvalue weighted by molar-refractivity contribution is -0.878. The fraction of sp³-hybridized carbons (Fsp3) is 0.632. The Kier molecular flexibility index (Phi) is 6.73. The second-order valence-corrected chi connectivity index (χ2v) is 9.30. The van der Waals surface area contributed by atoms with E-state index in [-0.39, 0.29) is 10.8 Å². The van der Waals surface area contributed by atoms with E-state index in [4.69, 9.17) is 4.74 Å². The normalized spacial score (nSPS) is 19.6. The fourth-order valence-corrected chi connectivity index (χ4v) is 5.39. The molecule has 2 fully saturated rings. The largest absolute Gasteiger partial charge is 0.495 e. The standard InChI is InChI=1S/C19H29N3O4S/c1-26-18-9-8-16(27(24,25)22-12-4-2-3-5-13-22)14-17(18)20-19(23)15-21-10-6-7-11-21/h8-9,14H,2-7,10-13,15H2,1H3,(H,20,23)/p+1. The third kappa shape index (κ3) is 5.00. The van der Waals surface area contributed by atoms with Crippen LogP contribution in [0.4, 0.5) is 5.69 Å². The highest BCUT2D eigenvalue weighted by Crippen LogP contribution is 2.29. The van der Waals surface area contributed by atoms with E-state index in [1.807, 2.05) is 0 Å². The molecule has 0 radical (unpaired) electrons. The van der Waals surface area contributed by atoms with Crippen molar-refractivity contribution in [3.63, 3.8) is 0 Å². The molecular weight excluding hydrogens is 366 g/mol. The molecule has 1 aromatic carbocycles. The summed E-state index contributed by atoms with van der Waals surface area (Å²) in [5.41, 5.74) is 0.414. The van der Waals surface area contributed by atoms with Gasteiger partial charge in [-0.25, -0.2) is 8.42 Å². The summed E-state index contributed by atoms with van der Waals surface area (Å²) in [6.07, 6.45) is 6.20. The van der Waals surface area contributed by atoms with E-state index < -0.39 is 10.0 Å². The zero-order valence-corrected chi connectivity index (χ0v) is 16.8. The smallest absolute Gasteiger partial charge is 0.279 e. The predicted molar refractivity (Wildman–Crippen MR) is 104 cm³/mol. The quantitative estimate of drug-likeness (QED) is 0.748. The van der Waals surface area contributed by atoms with Crippen LogP contribution in [-0.2, 0) is 14.8 Å². The van der Waals surface area contributed by atoms with Gasteiger partial charge in [-0.2, -0.15) is 4.31 Å². The number of carbonyl (C=O) groups excluding carboxylic acids is 1. The van der Waals surface area contributed by atoms with E-state index in [9.17, 15) is 13.2 Å². The van der Waals surface area contributed by atoms with Gasteiger partial charge in [0.05, 0.1) is 30.8 Å². The van der Waals surface area contributed by atoms with Crippen LogP contribution in [-0.4, -0.2) is 58.5 Å². The number of amides is 1. The predicted octanol–water partition coefficient (Wildman–Crippen LogP) is 0.877. The third-order valence-corrected chi connectivity index (χ3v) is 7.26. The molecule has 150 valence electrons. The van der Waals surface area contributed by atoms with Gasteiger partial charge < -0.3 is 15.0 Å². The molecule has 0 atom stereocenters. The number of benzene rings is 1. The van der Waals surface area contributed by atoms with Gasteiger partial charge in [-0.15, -0.1) is 0 Å². The first-order valence-corrected chi connectivity index (χ1v) is 11.3. The van der Waals surface area contributed by atoms with E-state index in [0.29, 0.717) is 31.1 Å². The van der Waals surface area contributed by atoms with Crippen molar-refractivity contribution in [3.05, 3.63) is 18.2 Å². The first kappa shape index (κ1) is 20.1. The molecule has 3 rings (SSSR count). The molecule has 2 aliphatic heterocycles. The summed E-state index contributed by atoms with van der Waals surface area (Å²) in [6.45, 7) is 3.51. The molecule has 0 aliphatic carbocycles. The Morgan fingerprint density at radius 1 is 1.11 bits per heavy atom. The van der Waals surface area contributed by atoms with Gasteiger partial charge >= 0.3 is 0 Å². The van der Waals surface area contributed by atoms with Gasteiger partial charge in [0, 0.05) is 25.9 Å². The van der Waals surface area contributed by atoms with Crippen LogP contribution in [0, 0.1) is 0 Å². The Bertz CT molecular complexity index is 752. The number of methoxy groups -OCH3 is 1. The molecule has 1 amide bonds. The van der Waals surface area contributed by atoms with Crippen LogP contribution in [0.2, 0.25) is 0 Å². The number of hydrogen-bond acceptors (Lipinski definition) is 4. The molecule has 0 unspecified atom stereocenters. The Morgan fingerprint density at radius 3 is 2.41 bits per heavy atom. The summed E-state index contributed by atoms with van der Waals surface area (Å²) in [5, 5.41) is 2.85. The molecule has 1 aromatic rings. The fourth-order valence-electron chi connectivity index (χ4n) is 3.85. The molecule has 0 saturated carbocycles. The van der Waals surface area contributed by atoms with Crippen molar-refractivity contribution >= 4 is 21.6 Å². The average Bonchev–Trinajstić information content (AvgIpc) is 2.99. The number of anilines is 1. The highest BCUT2D eigenvalue weighted by Gasteiger charge is 2.27. The van der Waals surface area contributed by atoms with Gasteiger partial charge in [0.25, 0.3) is 5.91 Å². The summed E-state index contributed by atoms with van der Waals surface area (Å²) in [7, 11) is -2.06. The lowest BCUT2D eigenvalue weighted by atomic mass is 10.2. The molecule has 2 saturated heterocycles. The Morgan fingerprint density at radius 2 is 1.78 bits per heavy atom. The molecule has 27 heavy (non-hydrogen) atoms. The van der Waals surface area contributed by atoms with Crippen LogP contribution >= 0.6 is 0 Å². The van der Waals surface area contributed by atoms with Crippen LogP contribution in [0.3, 0.4) is 0 Å². The van der Waals surface area contributed by atoms with Crippen molar-refractivity contribution in [1.82, 2.24) is 4.31 Å². The Labute approximate surface area is 161 Å². The Hall–Kier alpha value is -1.64. The number of sulfonamides is 1. The minimum atomic E-state index is -3.57. The van der Waals surface area contributed by atoms with Crippen molar-refractivity contribution in [2.75, 3.05) is 45.2 Å². The van der Waals surface area contributed by atoms with E-state index >= 15 is 0 Å². The minimum Gasteiger partial charge on any atom is -0.495 e. The van der Waals surface area contributed by atoms with Gasteiger partial charge in [-0.05, 0) is 31.0 Å². The highest BCUT2D eigenvalue weighted by atomic mass is 32.2. The second kappa shape index (κ2) is 9.03. The first-order chi connectivity index (χ1) is 13.0. The van der Waals surface area contributed by atoms with Crippen LogP contribution in [0.25, 0.3) is 0 Å². The maximum atomic E-state index is 13.0. The zero-order chi connectivity index (χ0) is 19.3. The van der Waals surface area contributed by atoms with Crippen molar-refractivity contribution in [2.24, 2.45) is 0 Å². The molecule has 2 heterocycles. The number of likely N-dealkylation sites (tertiary alicyclic amines) is 1. The van der Waals surface area contributed by atoms with Crippen LogP contribution in [0.15, 0.2) is 23.1 Å². The summed E-state index contributed by atoms with van der Waals surface area (Å²) >= 11 is 0. The highest BCUT2D eigenvalue weighted by molar-refractivity contribution is 7.89. The molecule has 0 aromatic heterocycles. The van der Waals surface area contributed by atoms with Gasteiger partial charge in [0.1, 0.15) is 5.75 Å². The zero-order valence-electron chi connectivity index (χ0n) is 16.0. The van der Waals surface area contributed by atoms with Crippen LogP contribution in [0.1, 0.15) is 38.5 Å². The monoisotopic (exact) mass is 396 g/mol. The number of carbonyl (C=O) groups is 1. The van der Waals surface area contributed by atoms with Gasteiger partial charge in [-0.1, -0.05) is 12.8 Å². The van der Waals surface area contributed by atoms with Gasteiger partial charge in [0.15, 0.2) is 6.54 Å². The van der Waals surface area contributed by atoms with E-state index in [1.54, 1.807) is 16.4 Å². The number of ether oxygens (including phenoxy) is 1. The number of quaternary nitrogens is 1. The van der Waals surface area contributed by atoms with Gasteiger partial charge in [0.2, 0.25) is 10.0 Å². The SMILES string of the molecule is COc1ccc(S(=O)(=O)N2CCCCCC2)cc1NC(=O)C[NH+]1CCCC1. The maximum Gasteiger partial charge on any atom is 0.279 e. The van der Waals surface area contributed by atoms with Crippen molar-refractivity contribution in [2.45, 2.75) is 43.4 Å². The summed E-state index contributed by atoms with van der Waals surface area (Å²) < 4.78 is 32.9. The Balaban J connectivity index is 1.78. The number of nitrogens with zero attached hydrogens (tertiary/aromatic N) is 1. The van der Waals surface area contributed by atoms with Crippen LogP contribution in [0.5, 0.6) is 5.75 Å². The van der Waals surface area contributed by atoms with Gasteiger partial charge in [-0.3, -0.25) is 4.79 Å². The summed E-state index contributed by atoms with van der Waals surface area (Å²) in [5.74, 6) is 0.351. The molecule has 2 N–H and O–H groups in total. The van der Waals surface area contributed by atoms with E-state index in [2.05, 4.69) is 5.32 Å². The minimum absolute atomic E-state index is 0.116. The average molecular weight is 397 g/mol. The second-order valence-electron chi connectivity index (χ2n) is 7.36. The number of rotatable bonds is 6. The maximum absolute atomic E-state index is 13.0. The van der Waals surface area contributed by atoms with Crippen molar-refractivity contribution in [1.29, 1.82) is 0 Å². The summed E-state index contributed by atoms with van der Waals surface area (Å²) in [4.78, 5) is 13.9. The first-order valence-electron chi connectivity index (χ1n) is 9.82. The molecule has 8 heteroatoms. The lowest BCUT2D eigenvalue weighted by Crippen LogP contribution is -3.11. The molecule has 2 aliphatic rings. The number of nitrogens with one attached hydrogen (secondary N) is 2. The third-order valence-electron chi connectivity index (χ3n) is 5.37. The molecule has 0 bridgehead atoms. The van der Waals surface area contributed by atoms with Crippen LogP contribution < -0.4 is 15.0 Å². The lowest BCUT2D eigenvalue weighted by Gasteiger charge is -2.21.